The molecule has 0 radical (unpaired) electrons. The third-order valence-corrected chi connectivity index (χ3v) is 3.53. The third-order valence-electron chi connectivity index (χ3n) is 3.03. The minimum atomic E-state index is -0.277. The maximum atomic E-state index is 11.9. The molecule has 3 nitrogen and oxygen atoms in total. The van der Waals surface area contributed by atoms with Crippen molar-refractivity contribution in [3.05, 3.63) is 34.3 Å². The van der Waals surface area contributed by atoms with Gasteiger partial charge in [0.1, 0.15) is 0 Å². The van der Waals surface area contributed by atoms with E-state index in [2.05, 4.69) is 28.1 Å². The zero-order valence-electron chi connectivity index (χ0n) is 11.9. The van der Waals surface area contributed by atoms with Crippen LogP contribution >= 0.6 is 15.9 Å². The Labute approximate surface area is 124 Å². The van der Waals surface area contributed by atoms with E-state index in [1.54, 1.807) is 4.90 Å². The topological polar surface area (TPSA) is 46.3 Å². The summed E-state index contributed by atoms with van der Waals surface area (Å²) in [6.07, 6.45) is 2.10. The molecule has 106 valence electrons. The SMILES string of the molecule is CN(CCc1cccc(Br)c1)C(=O)CCC(C)(C)N. The highest BCUT2D eigenvalue weighted by Gasteiger charge is 2.15. The van der Waals surface area contributed by atoms with Crippen LogP contribution in [0.3, 0.4) is 0 Å². The predicted molar refractivity (Wildman–Crippen MR) is 83.0 cm³/mol. The largest absolute Gasteiger partial charge is 0.345 e. The monoisotopic (exact) mass is 326 g/mol. The minimum absolute atomic E-state index is 0.161. The maximum absolute atomic E-state index is 11.9. The number of likely N-dealkylation sites (N-methyl/N-ethyl adjacent to an activating group) is 1. The number of nitrogens with zero attached hydrogens (tertiary/aromatic N) is 1. The quantitative estimate of drug-likeness (QED) is 0.873. The number of benzene rings is 1. The number of rotatable bonds is 6. The highest BCUT2D eigenvalue weighted by Crippen LogP contribution is 2.13. The number of nitrogens with two attached hydrogens (primary N) is 1. The van der Waals surface area contributed by atoms with E-state index in [1.165, 1.54) is 5.56 Å². The molecule has 0 spiro atoms. The Morgan fingerprint density at radius 2 is 2.11 bits per heavy atom. The number of hydrogen-bond donors (Lipinski definition) is 1. The number of carbonyl (C=O) groups is 1. The van der Waals surface area contributed by atoms with Crippen LogP contribution in [-0.2, 0) is 11.2 Å². The van der Waals surface area contributed by atoms with E-state index in [0.717, 1.165) is 17.4 Å². The molecule has 1 aromatic carbocycles. The summed E-state index contributed by atoms with van der Waals surface area (Å²) >= 11 is 3.45. The average molecular weight is 327 g/mol. The fraction of sp³-hybridized carbons (Fsp3) is 0.533. The molecule has 19 heavy (non-hydrogen) atoms. The molecule has 0 aliphatic heterocycles. The van der Waals surface area contributed by atoms with Crippen molar-refractivity contribution in [3.63, 3.8) is 0 Å². The van der Waals surface area contributed by atoms with Crippen LogP contribution in [0, 0.1) is 0 Å². The van der Waals surface area contributed by atoms with Crippen molar-refractivity contribution in [1.29, 1.82) is 0 Å². The van der Waals surface area contributed by atoms with Gasteiger partial charge in [-0.3, -0.25) is 4.79 Å². The highest BCUT2D eigenvalue weighted by molar-refractivity contribution is 9.10. The molecule has 1 aromatic rings. The smallest absolute Gasteiger partial charge is 0.222 e. The first-order valence-corrected chi connectivity index (χ1v) is 7.34. The first-order valence-electron chi connectivity index (χ1n) is 6.55. The fourth-order valence-electron chi connectivity index (χ4n) is 1.73. The van der Waals surface area contributed by atoms with Crippen molar-refractivity contribution in [3.8, 4) is 0 Å². The summed E-state index contributed by atoms with van der Waals surface area (Å²) in [7, 11) is 1.85. The van der Waals surface area contributed by atoms with Crippen molar-refractivity contribution < 1.29 is 4.79 Å². The van der Waals surface area contributed by atoms with E-state index in [9.17, 15) is 4.79 Å². The number of hydrogen-bond acceptors (Lipinski definition) is 2. The van der Waals surface area contributed by atoms with Crippen LogP contribution < -0.4 is 5.73 Å². The molecule has 1 amide bonds. The average Bonchev–Trinajstić information content (AvgIpc) is 2.32. The van der Waals surface area contributed by atoms with Crippen LogP contribution in [0.15, 0.2) is 28.7 Å². The van der Waals surface area contributed by atoms with E-state index >= 15 is 0 Å². The highest BCUT2D eigenvalue weighted by atomic mass is 79.9. The van der Waals surface area contributed by atoms with Crippen LogP contribution in [0.1, 0.15) is 32.3 Å². The Bertz CT molecular complexity index is 426. The van der Waals surface area contributed by atoms with E-state index in [0.29, 0.717) is 12.8 Å². The summed E-state index contributed by atoms with van der Waals surface area (Å²) < 4.78 is 1.07. The van der Waals surface area contributed by atoms with Gasteiger partial charge >= 0.3 is 0 Å². The van der Waals surface area contributed by atoms with Gasteiger partial charge < -0.3 is 10.6 Å². The van der Waals surface area contributed by atoms with Crippen molar-refractivity contribution in [2.24, 2.45) is 5.73 Å². The molecule has 0 saturated heterocycles. The second kappa shape index (κ2) is 7.06. The van der Waals surface area contributed by atoms with Gasteiger partial charge in [-0.05, 0) is 44.4 Å². The molecule has 0 bridgehead atoms. The normalized spacial score (nSPS) is 11.4. The second-order valence-electron chi connectivity index (χ2n) is 5.68. The zero-order valence-corrected chi connectivity index (χ0v) is 13.5. The summed E-state index contributed by atoms with van der Waals surface area (Å²) in [5, 5.41) is 0. The van der Waals surface area contributed by atoms with Gasteiger partial charge in [0.2, 0.25) is 5.91 Å². The molecular weight excluding hydrogens is 304 g/mol. The van der Waals surface area contributed by atoms with Gasteiger partial charge in [0.25, 0.3) is 0 Å². The molecule has 0 aliphatic carbocycles. The van der Waals surface area contributed by atoms with Crippen LogP contribution in [0.5, 0.6) is 0 Å². The van der Waals surface area contributed by atoms with Crippen molar-refractivity contribution in [2.75, 3.05) is 13.6 Å². The Balaban J connectivity index is 2.38. The second-order valence-corrected chi connectivity index (χ2v) is 6.60. The molecule has 0 fully saturated rings. The van der Waals surface area contributed by atoms with Crippen LogP contribution in [-0.4, -0.2) is 29.9 Å². The summed E-state index contributed by atoms with van der Waals surface area (Å²) in [5.74, 6) is 0.161. The van der Waals surface area contributed by atoms with Gasteiger partial charge in [-0.25, -0.2) is 0 Å². The molecule has 0 saturated carbocycles. The van der Waals surface area contributed by atoms with Gasteiger partial charge in [0, 0.05) is 30.0 Å². The maximum Gasteiger partial charge on any atom is 0.222 e. The lowest BCUT2D eigenvalue weighted by Gasteiger charge is -2.21. The molecule has 0 aromatic heterocycles. The van der Waals surface area contributed by atoms with Crippen LogP contribution in [0.2, 0.25) is 0 Å². The molecule has 4 heteroatoms. The minimum Gasteiger partial charge on any atom is -0.345 e. The van der Waals surface area contributed by atoms with Gasteiger partial charge in [-0.1, -0.05) is 28.1 Å². The Morgan fingerprint density at radius 3 is 2.68 bits per heavy atom. The van der Waals surface area contributed by atoms with Crippen LogP contribution in [0.25, 0.3) is 0 Å². The number of carbonyl (C=O) groups excluding carboxylic acids is 1. The summed E-state index contributed by atoms with van der Waals surface area (Å²) in [6, 6.07) is 8.17. The molecule has 0 atom stereocenters. The third kappa shape index (κ3) is 6.73. The molecule has 1 rings (SSSR count). The van der Waals surface area contributed by atoms with Gasteiger partial charge in [0.05, 0.1) is 0 Å². The first-order chi connectivity index (χ1) is 8.78. The molecule has 0 unspecified atom stereocenters. The number of amides is 1. The lowest BCUT2D eigenvalue weighted by molar-refractivity contribution is -0.130. The van der Waals surface area contributed by atoms with E-state index in [1.807, 2.05) is 33.0 Å². The van der Waals surface area contributed by atoms with Crippen LogP contribution in [0.4, 0.5) is 0 Å². The molecule has 2 N–H and O–H groups in total. The Kier molecular flexibility index (Phi) is 6.01. The molecule has 0 heterocycles. The van der Waals surface area contributed by atoms with Crippen molar-refractivity contribution in [2.45, 2.75) is 38.6 Å². The van der Waals surface area contributed by atoms with E-state index < -0.39 is 0 Å². The van der Waals surface area contributed by atoms with Gasteiger partial charge in [-0.15, -0.1) is 0 Å². The number of halogens is 1. The van der Waals surface area contributed by atoms with Crippen molar-refractivity contribution >= 4 is 21.8 Å². The van der Waals surface area contributed by atoms with Gasteiger partial charge in [0.15, 0.2) is 0 Å². The lowest BCUT2D eigenvalue weighted by Crippen LogP contribution is -2.35. The summed E-state index contributed by atoms with van der Waals surface area (Å²) in [6.45, 7) is 4.63. The van der Waals surface area contributed by atoms with E-state index in [4.69, 9.17) is 5.73 Å². The first kappa shape index (κ1) is 16.2. The van der Waals surface area contributed by atoms with Crippen molar-refractivity contribution in [1.82, 2.24) is 4.90 Å². The fourth-order valence-corrected chi connectivity index (χ4v) is 2.18. The van der Waals surface area contributed by atoms with Gasteiger partial charge in [-0.2, -0.15) is 0 Å². The Hall–Kier alpha value is -0.870. The summed E-state index contributed by atoms with van der Waals surface area (Å²) in [5.41, 5.74) is 6.84. The molecular formula is C15H23BrN2O. The standard InChI is InChI=1S/C15H23BrN2O/c1-15(2,17)9-7-14(19)18(3)10-8-12-5-4-6-13(16)11-12/h4-6,11H,7-10,17H2,1-3H3. The summed E-state index contributed by atoms with van der Waals surface area (Å²) in [4.78, 5) is 13.7. The predicted octanol–water partition coefficient (Wildman–Crippen LogP) is 2.97. The lowest BCUT2D eigenvalue weighted by atomic mass is 10.00. The molecule has 0 aliphatic rings. The van der Waals surface area contributed by atoms with E-state index in [-0.39, 0.29) is 11.4 Å². The Morgan fingerprint density at radius 1 is 1.42 bits per heavy atom. The zero-order chi connectivity index (χ0) is 14.5.